The smallest absolute Gasteiger partial charge is 0.156 e. The van der Waals surface area contributed by atoms with Crippen LogP contribution in [0.3, 0.4) is 0 Å². The van der Waals surface area contributed by atoms with Crippen molar-refractivity contribution in [3.8, 4) is 0 Å². The van der Waals surface area contributed by atoms with Crippen LogP contribution >= 0.6 is 0 Å². The molecule has 122 valence electrons. The van der Waals surface area contributed by atoms with Gasteiger partial charge < -0.3 is 9.94 Å². The van der Waals surface area contributed by atoms with E-state index in [1.165, 1.54) is 16.3 Å². The number of nitrogens with zero attached hydrogens (tertiary/aromatic N) is 1. The summed E-state index contributed by atoms with van der Waals surface area (Å²) in [5.74, 6) is 0. The SMILES string of the molecule is CC(C)(C)CNC(O)CO/N=C1/Cc2cccc3cccc1c23. The zero-order chi connectivity index (χ0) is 16.4. The summed E-state index contributed by atoms with van der Waals surface area (Å²) < 4.78 is 0. The summed E-state index contributed by atoms with van der Waals surface area (Å²) in [6.45, 7) is 7.21. The van der Waals surface area contributed by atoms with E-state index in [4.69, 9.17) is 4.84 Å². The van der Waals surface area contributed by atoms with Gasteiger partial charge in [0.2, 0.25) is 0 Å². The maximum atomic E-state index is 9.91. The van der Waals surface area contributed by atoms with Crippen LogP contribution in [-0.2, 0) is 11.3 Å². The van der Waals surface area contributed by atoms with Gasteiger partial charge in [0, 0.05) is 18.5 Å². The molecule has 2 aromatic rings. The second kappa shape index (κ2) is 6.30. The Morgan fingerprint density at radius 2 is 1.96 bits per heavy atom. The van der Waals surface area contributed by atoms with Crippen molar-refractivity contribution in [1.29, 1.82) is 0 Å². The predicted octanol–water partition coefficient (Wildman–Crippen LogP) is 3.07. The molecule has 0 radical (unpaired) electrons. The van der Waals surface area contributed by atoms with Crippen LogP contribution in [0.25, 0.3) is 10.8 Å². The van der Waals surface area contributed by atoms with Crippen molar-refractivity contribution in [2.75, 3.05) is 13.2 Å². The van der Waals surface area contributed by atoms with Gasteiger partial charge in [0.25, 0.3) is 0 Å². The lowest BCUT2D eigenvalue weighted by Crippen LogP contribution is -2.38. The molecule has 0 saturated heterocycles. The van der Waals surface area contributed by atoms with Crippen LogP contribution in [0.4, 0.5) is 0 Å². The fourth-order valence-electron chi connectivity index (χ4n) is 2.83. The van der Waals surface area contributed by atoms with E-state index in [9.17, 15) is 5.11 Å². The number of oxime groups is 1. The number of hydrogen-bond acceptors (Lipinski definition) is 4. The minimum atomic E-state index is -0.710. The molecule has 0 aromatic heterocycles. The summed E-state index contributed by atoms with van der Waals surface area (Å²) >= 11 is 0. The quantitative estimate of drug-likeness (QED) is 0.659. The zero-order valence-electron chi connectivity index (χ0n) is 14.0. The third kappa shape index (κ3) is 3.71. The third-order valence-corrected chi connectivity index (χ3v) is 3.93. The second-order valence-electron chi connectivity index (χ2n) is 7.29. The lowest BCUT2D eigenvalue weighted by Gasteiger charge is -2.21. The topological polar surface area (TPSA) is 53.8 Å². The molecule has 1 aliphatic carbocycles. The predicted molar refractivity (Wildman–Crippen MR) is 93.6 cm³/mol. The summed E-state index contributed by atoms with van der Waals surface area (Å²) in [6, 6.07) is 12.6. The van der Waals surface area contributed by atoms with Crippen molar-refractivity contribution < 1.29 is 9.94 Å². The van der Waals surface area contributed by atoms with Crippen molar-refractivity contribution in [2.24, 2.45) is 10.6 Å². The molecule has 2 N–H and O–H groups in total. The van der Waals surface area contributed by atoms with Crippen LogP contribution in [0.1, 0.15) is 31.9 Å². The van der Waals surface area contributed by atoms with E-state index in [1.807, 2.05) is 6.07 Å². The first-order chi connectivity index (χ1) is 10.9. The summed E-state index contributed by atoms with van der Waals surface area (Å²) in [7, 11) is 0. The van der Waals surface area contributed by atoms with Gasteiger partial charge >= 0.3 is 0 Å². The lowest BCUT2D eigenvalue weighted by atomic mass is 9.97. The number of nitrogens with one attached hydrogen (secondary N) is 1. The average molecular weight is 312 g/mol. The molecule has 0 saturated carbocycles. The van der Waals surface area contributed by atoms with Crippen LogP contribution in [0.15, 0.2) is 41.6 Å². The van der Waals surface area contributed by atoms with Crippen molar-refractivity contribution in [3.05, 3.63) is 47.5 Å². The van der Waals surface area contributed by atoms with Gasteiger partial charge in [0.05, 0.1) is 5.71 Å². The first-order valence-electron chi connectivity index (χ1n) is 8.05. The Morgan fingerprint density at radius 1 is 1.22 bits per heavy atom. The van der Waals surface area contributed by atoms with Gasteiger partial charge in [-0.15, -0.1) is 0 Å². The van der Waals surface area contributed by atoms with Crippen LogP contribution < -0.4 is 5.32 Å². The van der Waals surface area contributed by atoms with Crippen molar-refractivity contribution in [1.82, 2.24) is 5.32 Å². The van der Waals surface area contributed by atoms with E-state index in [0.717, 1.165) is 24.2 Å². The van der Waals surface area contributed by atoms with Crippen molar-refractivity contribution in [2.45, 2.75) is 33.4 Å². The average Bonchev–Trinajstić information content (AvgIpc) is 2.85. The Kier molecular flexibility index (Phi) is 4.37. The third-order valence-electron chi connectivity index (χ3n) is 3.93. The number of aliphatic hydroxyl groups excluding tert-OH is 1. The standard InChI is InChI=1S/C19H24N2O2/c1-19(2,3)12-20-17(22)11-23-21-16-10-14-8-4-6-13-7-5-9-15(16)18(13)14/h4-9,17,20,22H,10-12H2,1-3H3/b21-16-. The van der Waals surface area contributed by atoms with Crippen LogP contribution in [0.2, 0.25) is 0 Å². The molecule has 4 heteroatoms. The zero-order valence-corrected chi connectivity index (χ0v) is 14.0. The maximum Gasteiger partial charge on any atom is 0.156 e. The van der Waals surface area contributed by atoms with E-state index in [1.54, 1.807) is 0 Å². The molecule has 0 amide bonds. The van der Waals surface area contributed by atoms with E-state index >= 15 is 0 Å². The fraction of sp³-hybridized carbons (Fsp3) is 0.421. The van der Waals surface area contributed by atoms with Gasteiger partial charge in [-0.3, -0.25) is 5.32 Å². The van der Waals surface area contributed by atoms with Crippen LogP contribution in [0, 0.1) is 5.41 Å². The van der Waals surface area contributed by atoms with Crippen molar-refractivity contribution >= 4 is 16.5 Å². The van der Waals surface area contributed by atoms with Gasteiger partial charge in [0.1, 0.15) is 6.23 Å². The highest BCUT2D eigenvalue weighted by atomic mass is 16.6. The van der Waals surface area contributed by atoms with Gasteiger partial charge in [0.15, 0.2) is 6.61 Å². The Hall–Kier alpha value is -1.91. The summed E-state index contributed by atoms with van der Waals surface area (Å²) in [5, 5.41) is 19.7. The van der Waals surface area contributed by atoms with E-state index in [0.29, 0.717) is 0 Å². The molecule has 2 aromatic carbocycles. The Labute approximate surface area is 137 Å². The molecular formula is C19H24N2O2. The number of hydrogen-bond donors (Lipinski definition) is 2. The highest BCUT2D eigenvalue weighted by Crippen LogP contribution is 2.30. The minimum Gasteiger partial charge on any atom is -0.391 e. The molecule has 1 atom stereocenters. The van der Waals surface area contributed by atoms with Gasteiger partial charge in [-0.1, -0.05) is 62.3 Å². The molecule has 0 aliphatic heterocycles. The van der Waals surface area contributed by atoms with E-state index in [-0.39, 0.29) is 12.0 Å². The summed E-state index contributed by atoms with van der Waals surface area (Å²) in [6.07, 6.45) is 0.0699. The first kappa shape index (κ1) is 16.0. The van der Waals surface area contributed by atoms with E-state index < -0.39 is 6.23 Å². The van der Waals surface area contributed by atoms with Gasteiger partial charge in [-0.25, -0.2) is 0 Å². The fourth-order valence-corrected chi connectivity index (χ4v) is 2.83. The first-order valence-corrected chi connectivity index (χ1v) is 8.05. The second-order valence-corrected chi connectivity index (χ2v) is 7.29. The monoisotopic (exact) mass is 312 g/mol. The Morgan fingerprint density at radius 3 is 2.70 bits per heavy atom. The molecule has 1 aliphatic rings. The number of aliphatic hydroxyl groups is 1. The molecule has 0 heterocycles. The Balaban J connectivity index is 1.64. The molecule has 1 unspecified atom stereocenters. The molecule has 4 nitrogen and oxygen atoms in total. The number of benzene rings is 2. The van der Waals surface area contributed by atoms with Gasteiger partial charge in [-0.2, -0.15) is 0 Å². The largest absolute Gasteiger partial charge is 0.391 e. The van der Waals surface area contributed by atoms with Crippen molar-refractivity contribution in [3.63, 3.8) is 0 Å². The molecule has 3 rings (SSSR count). The summed E-state index contributed by atoms with van der Waals surface area (Å²) in [5.41, 5.74) is 3.47. The molecule has 23 heavy (non-hydrogen) atoms. The molecule has 0 bridgehead atoms. The maximum absolute atomic E-state index is 9.91. The van der Waals surface area contributed by atoms with Gasteiger partial charge in [-0.05, 0) is 21.8 Å². The minimum absolute atomic E-state index is 0.121. The number of rotatable bonds is 5. The lowest BCUT2D eigenvalue weighted by molar-refractivity contribution is 0.0169. The Bertz CT molecular complexity index is 726. The highest BCUT2D eigenvalue weighted by molar-refractivity contribution is 6.17. The van der Waals surface area contributed by atoms with Crippen LogP contribution in [-0.4, -0.2) is 30.2 Å². The van der Waals surface area contributed by atoms with E-state index in [2.05, 4.69) is 61.6 Å². The summed E-state index contributed by atoms with van der Waals surface area (Å²) in [4.78, 5) is 5.38. The van der Waals surface area contributed by atoms with Crippen LogP contribution in [0.5, 0.6) is 0 Å². The molecular weight excluding hydrogens is 288 g/mol. The highest BCUT2D eigenvalue weighted by Gasteiger charge is 2.20. The normalized spacial score (nSPS) is 17.0. The molecule has 0 spiro atoms. The molecule has 0 fully saturated rings.